The van der Waals surface area contributed by atoms with Gasteiger partial charge in [-0.1, -0.05) is 23.7 Å². The molecule has 2 N–H and O–H groups in total. The van der Waals surface area contributed by atoms with Crippen molar-refractivity contribution in [3.63, 3.8) is 0 Å². The molecule has 3 atom stereocenters. The number of nitrogens with two attached hydrogens (primary N) is 1. The normalized spacial score (nSPS) is 29.6. The van der Waals surface area contributed by atoms with Gasteiger partial charge in [0.25, 0.3) is 0 Å². The molecule has 0 amide bonds. The number of benzene rings is 1. The second kappa shape index (κ2) is 6.34. The minimum Gasteiger partial charge on any atom is -0.347 e. The van der Waals surface area contributed by atoms with E-state index < -0.39 is 16.6 Å². The number of hydrogen-bond donors (Lipinski definition) is 1. The van der Waals surface area contributed by atoms with Crippen LogP contribution in [0.25, 0.3) is 0 Å². The van der Waals surface area contributed by atoms with Crippen molar-refractivity contribution >= 4 is 22.4 Å². The van der Waals surface area contributed by atoms with Crippen molar-refractivity contribution in [1.82, 2.24) is 0 Å². The fourth-order valence-corrected chi connectivity index (χ4v) is 4.86. The molecule has 0 radical (unpaired) electrons. The Labute approximate surface area is 132 Å². The van der Waals surface area contributed by atoms with Crippen molar-refractivity contribution in [2.45, 2.75) is 42.1 Å². The highest BCUT2D eigenvalue weighted by Gasteiger charge is 2.45. The molecule has 3 rings (SSSR count). The Morgan fingerprint density at radius 1 is 1.29 bits per heavy atom. The molecule has 1 aromatic carbocycles. The van der Waals surface area contributed by atoms with Crippen LogP contribution in [0, 0.1) is 0 Å². The SMILES string of the molecule is NC1CCC2(CC1S(=O)Cc1ccc(Cl)cc1)OCCO2. The summed E-state index contributed by atoms with van der Waals surface area (Å²) in [5.41, 5.74) is 7.20. The lowest BCUT2D eigenvalue weighted by molar-refractivity contribution is -0.177. The molecule has 1 spiro atoms. The number of hydrogen-bond acceptors (Lipinski definition) is 4. The Bertz CT molecular complexity index is 516. The second-order valence-electron chi connectivity index (χ2n) is 5.70. The molecular formula is C15H20ClNO3S. The first-order valence-corrected chi connectivity index (χ1v) is 8.99. The van der Waals surface area contributed by atoms with Gasteiger partial charge >= 0.3 is 0 Å². The summed E-state index contributed by atoms with van der Waals surface area (Å²) in [6, 6.07) is 7.40. The largest absolute Gasteiger partial charge is 0.347 e. The smallest absolute Gasteiger partial charge is 0.169 e. The third-order valence-electron chi connectivity index (χ3n) is 4.22. The van der Waals surface area contributed by atoms with Gasteiger partial charge in [-0.05, 0) is 24.1 Å². The lowest BCUT2D eigenvalue weighted by Gasteiger charge is -2.39. The first kappa shape index (κ1) is 15.4. The van der Waals surface area contributed by atoms with Crippen molar-refractivity contribution in [2.75, 3.05) is 13.2 Å². The molecule has 1 saturated heterocycles. The third kappa shape index (κ3) is 3.48. The van der Waals surface area contributed by atoms with E-state index >= 15 is 0 Å². The fraction of sp³-hybridized carbons (Fsp3) is 0.600. The van der Waals surface area contributed by atoms with Gasteiger partial charge in [0.15, 0.2) is 5.79 Å². The van der Waals surface area contributed by atoms with E-state index in [1.54, 1.807) is 0 Å². The van der Waals surface area contributed by atoms with E-state index in [0.717, 1.165) is 18.4 Å². The van der Waals surface area contributed by atoms with Gasteiger partial charge in [0, 0.05) is 40.5 Å². The van der Waals surface area contributed by atoms with Crippen molar-refractivity contribution in [1.29, 1.82) is 0 Å². The topological polar surface area (TPSA) is 61.6 Å². The van der Waals surface area contributed by atoms with E-state index in [9.17, 15) is 4.21 Å². The summed E-state index contributed by atoms with van der Waals surface area (Å²) < 4.78 is 24.2. The van der Waals surface area contributed by atoms with Crippen LogP contribution >= 0.6 is 11.6 Å². The Morgan fingerprint density at radius 3 is 2.62 bits per heavy atom. The van der Waals surface area contributed by atoms with Crippen molar-refractivity contribution in [3.05, 3.63) is 34.9 Å². The summed E-state index contributed by atoms with van der Waals surface area (Å²) in [7, 11) is -1.04. The maximum absolute atomic E-state index is 12.7. The van der Waals surface area contributed by atoms with E-state index in [2.05, 4.69) is 0 Å². The van der Waals surface area contributed by atoms with Crippen LogP contribution in [0.15, 0.2) is 24.3 Å². The highest BCUT2D eigenvalue weighted by atomic mass is 35.5. The standard InChI is InChI=1S/C15H20ClNO3S/c16-12-3-1-11(2-4-12)10-21(18)14-9-15(6-5-13(14)17)19-7-8-20-15/h1-4,13-14H,5-10,17H2. The minimum absolute atomic E-state index is 0.0587. The van der Waals surface area contributed by atoms with Crippen molar-refractivity contribution in [3.8, 4) is 0 Å². The summed E-state index contributed by atoms with van der Waals surface area (Å²) >= 11 is 5.87. The number of halogens is 1. The number of ether oxygens (including phenoxy) is 2. The van der Waals surface area contributed by atoms with Crippen LogP contribution in [-0.2, 0) is 26.0 Å². The molecule has 0 bridgehead atoms. The first-order chi connectivity index (χ1) is 10.1. The zero-order valence-corrected chi connectivity index (χ0v) is 13.4. The Balaban J connectivity index is 1.68. The zero-order valence-electron chi connectivity index (χ0n) is 11.8. The lowest BCUT2D eigenvalue weighted by Crippen LogP contribution is -2.50. The van der Waals surface area contributed by atoms with E-state index in [1.165, 1.54) is 0 Å². The van der Waals surface area contributed by atoms with Crippen LogP contribution in [-0.4, -0.2) is 34.5 Å². The molecule has 2 fully saturated rings. The van der Waals surface area contributed by atoms with Crippen LogP contribution in [0.5, 0.6) is 0 Å². The van der Waals surface area contributed by atoms with Crippen molar-refractivity contribution in [2.24, 2.45) is 5.73 Å². The molecule has 3 unspecified atom stereocenters. The molecular weight excluding hydrogens is 310 g/mol. The van der Waals surface area contributed by atoms with Crippen LogP contribution < -0.4 is 5.73 Å². The summed E-state index contributed by atoms with van der Waals surface area (Å²) in [5.74, 6) is -0.0538. The van der Waals surface area contributed by atoms with Crippen LogP contribution in [0.4, 0.5) is 0 Å². The van der Waals surface area contributed by atoms with E-state index in [0.29, 0.717) is 30.4 Å². The van der Waals surface area contributed by atoms with E-state index in [1.807, 2.05) is 24.3 Å². The van der Waals surface area contributed by atoms with Gasteiger partial charge < -0.3 is 15.2 Å². The van der Waals surface area contributed by atoms with Crippen molar-refractivity contribution < 1.29 is 13.7 Å². The van der Waals surface area contributed by atoms with E-state index in [4.69, 9.17) is 26.8 Å². The van der Waals surface area contributed by atoms with Gasteiger partial charge in [-0.25, -0.2) is 0 Å². The average Bonchev–Trinajstić information content (AvgIpc) is 2.93. The molecule has 0 aromatic heterocycles. The molecule has 21 heavy (non-hydrogen) atoms. The summed E-state index contributed by atoms with van der Waals surface area (Å²) in [6.07, 6.45) is 2.20. The Hall–Kier alpha value is -0.460. The second-order valence-corrected chi connectivity index (χ2v) is 7.80. The molecule has 1 aliphatic heterocycles. The molecule has 1 saturated carbocycles. The molecule has 1 aliphatic carbocycles. The monoisotopic (exact) mass is 329 g/mol. The van der Waals surface area contributed by atoms with Gasteiger partial charge in [0.2, 0.25) is 0 Å². The van der Waals surface area contributed by atoms with Gasteiger partial charge in [-0.2, -0.15) is 0 Å². The molecule has 2 aliphatic rings. The first-order valence-electron chi connectivity index (χ1n) is 7.23. The Kier molecular flexibility index (Phi) is 4.66. The summed E-state index contributed by atoms with van der Waals surface area (Å²) in [4.78, 5) is 0. The van der Waals surface area contributed by atoms with E-state index in [-0.39, 0.29) is 11.3 Å². The minimum atomic E-state index is -1.04. The quantitative estimate of drug-likeness (QED) is 0.923. The maximum Gasteiger partial charge on any atom is 0.169 e. The lowest BCUT2D eigenvalue weighted by atomic mass is 9.90. The summed E-state index contributed by atoms with van der Waals surface area (Å²) in [6.45, 7) is 1.23. The molecule has 6 heteroatoms. The molecule has 4 nitrogen and oxygen atoms in total. The highest BCUT2D eigenvalue weighted by molar-refractivity contribution is 7.84. The maximum atomic E-state index is 12.7. The summed E-state index contributed by atoms with van der Waals surface area (Å²) in [5, 5.41) is 0.595. The van der Waals surface area contributed by atoms with Crippen LogP contribution in [0.3, 0.4) is 0 Å². The van der Waals surface area contributed by atoms with Gasteiger partial charge in [0.1, 0.15) is 0 Å². The van der Waals surface area contributed by atoms with Gasteiger partial charge in [0.05, 0.1) is 18.5 Å². The van der Waals surface area contributed by atoms with Gasteiger partial charge in [-0.3, -0.25) is 4.21 Å². The number of rotatable bonds is 3. The zero-order chi connectivity index (χ0) is 14.9. The average molecular weight is 330 g/mol. The van der Waals surface area contributed by atoms with Crippen LogP contribution in [0.1, 0.15) is 24.8 Å². The third-order valence-corrected chi connectivity index (χ3v) is 6.28. The predicted octanol–water partition coefficient (Wildman–Crippen LogP) is 2.21. The fourth-order valence-electron chi connectivity index (χ4n) is 3.03. The Morgan fingerprint density at radius 2 is 1.95 bits per heavy atom. The predicted molar refractivity (Wildman–Crippen MR) is 83.5 cm³/mol. The highest BCUT2D eigenvalue weighted by Crippen LogP contribution is 2.37. The van der Waals surface area contributed by atoms with Gasteiger partial charge in [-0.15, -0.1) is 0 Å². The molecule has 1 heterocycles. The molecule has 116 valence electrons. The van der Waals surface area contributed by atoms with Crippen LogP contribution in [0.2, 0.25) is 5.02 Å². The molecule has 1 aromatic rings.